The van der Waals surface area contributed by atoms with Crippen molar-refractivity contribution in [1.82, 2.24) is 10.6 Å². The molecule has 2 aromatic carbocycles. The highest BCUT2D eigenvalue weighted by Crippen LogP contribution is 2.30. The molecule has 0 aliphatic rings. The Morgan fingerprint density at radius 3 is 2.33 bits per heavy atom. The van der Waals surface area contributed by atoms with Crippen LogP contribution < -0.4 is 20.1 Å². The molecule has 0 amide bonds. The molecule has 24 heavy (non-hydrogen) atoms. The summed E-state index contributed by atoms with van der Waals surface area (Å²) in [5, 5.41) is 6.53. The second-order valence-electron chi connectivity index (χ2n) is 5.25. The number of hydrogen-bond acceptors (Lipinski definition) is 3. The highest BCUT2D eigenvalue weighted by atomic mass is 16.5. The summed E-state index contributed by atoms with van der Waals surface area (Å²) >= 11 is 0. The van der Waals surface area contributed by atoms with Crippen LogP contribution in [0.5, 0.6) is 17.2 Å². The second kappa shape index (κ2) is 9.45. The van der Waals surface area contributed by atoms with E-state index in [1.165, 1.54) is 0 Å². The molecule has 0 fully saturated rings. The van der Waals surface area contributed by atoms with E-state index < -0.39 is 0 Å². The average molecular weight is 327 g/mol. The van der Waals surface area contributed by atoms with Crippen molar-refractivity contribution in [2.24, 2.45) is 4.99 Å². The summed E-state index contributed by atoms with van der Waals surface area (Å²) in [6, 6.07) is 15.6. The molecule has 128 valence electrons. The summed E-state index contributed by atoms with van der Waals surface area (Å²) < 4.78 is 11.2. The Hall–Kier alpha value is -2.69. The highest BCUT2D eigenvalue weighted by molar-refractivity contribution is 5.79. The third-order valence-electron chi connectivity index (χ3n) is 3.45. The fourth-order valence-corrected chi connectivity index (χ4v) is 2.16. The van der Waals surface area contributed by atoms with Crippen LogP contribution in [-0.2, 0) is 6.54 Å². The van der Waals surface area contributed by atoms with Gasteiger partial charge in [-0.2, -0.15) is 0 Å². The number of benzene rings is 2. The van der Waals surface area contributed by atoms with E-state index in [0.717, 1.165) is 30.2 Å². The third-order valence-corrected chi connectivity index (χ3v) is 3.45. The SMILES string of the molecule is CCCNC(=NC)NCc1ccc(Oc2ccccc2OC)cc1. The molecule has 5 nitrogen and oxygen atoms in total. The number of ether oxygens (including phenoxy) is 2. The molecule has 5 heteroatoms. The fourth-order valence-electron chi connectivity index (χ4n) is 2.16. The van der Waals surface area contributed by atoms with E-state index in [1.807, 2.05) is 48.5 Å². The number of para-hydroxylation sites is 2. The Balaban J connectivity index is 1.93. The molecule has 0 radical (unpaired) electrons. The largest absolute Gasteiger partial charge is 0.493 e. The highest BCUT2D eigenvalue weighted by Gasteiger charge is 2.04. The van der Waals surface area contributed by atoms with Gasteiger partial charge in [0.1, 0.15) is 5.75 Å². The Kier molecular flexibility index (Phi) is 6.95. The molecule has 0 heterocycles. The molecular weight excluding hydrogens is 302 g/mol. The number of nitrogens with one attached hydrogen (secondary N) is 2. The second-order valence-corrected chi connectivity index (χ2v) is 5.25. The maximum Gasteiger partial charge on any atom is 0.191 e. The minimum absolute atomic E-state index is 0.704. The first kappa shape index (κ1) is 17.7. The summed E-state index contributed by atoms with van der Waals surface area (Å²) in [6.45, 7) is 3.74. The Labute approximate surface area is 143 Å². The van der Waals surface area contributed by atoms with Crippen molar-refractivity contribution in [2.45, 2.75) is 19.9 Å². The number of guanidine groups is 1. The van der Waals surface area contributed by atoms with Gasteiger partial charge in [0.2, 0.25) is 0 Å². The Bertz CT molecular complexity index is 654. The van der Waals surface area contributed by atoms with Gasteiger partial charge in [0, 0.05) is 20.1 Å². The molecule has 0 unspecified atom stereocenters. The van der Waals surface area contributed by atoms with Crippen LogP contribution in [0.4, 0.5) is 0 Å². The van der Waals surface area contributed by atoms with Crippen molar-refractivity contribution in [3.05, 3.63) is 54.1 Å². The van der Waals surface area contributed by atoms with E-state index in [-0.39, 0.29) is 0 Å². The summed E-state index contributed by atoms with van der Waals surface area (Å²) in [6.07, 6.45) is 1.07. The van der Waals surface area contributed by atoms with Crippen LogP contribution in [0.3, 0.4) is 0 Å². The zero-order valence-electron chi connectivity index (χ0n) is 14.5. The molecular formula is C19H25N3O2. The molecule has 0 bridgehead atoms. The van der Waals surface area contributed by atoms with E-state index in [4.69, 9.17) is 9.47 Å². The normalized spacial score (nSPS) is 11.0. The van der Waals surface area contributed by atoms with Gasteiger partial charge in [0.25, 0.3) is 0 Å². The number of aliphatic imine (C=N–C) groups is 1. The van der Waals surface area contributed by atoms with Gasteiger partial charge in [-0.15, -0.1) is 0 Å². The van der Waals surface area contributed by atoms with Crippen molar-refractivity contribution in [3.8, 4) is 17.2 Å². The van der Waals surface area contributed by atoms with Gasteiger partial charge in [-0.3, -0.25) is 4.99 Å². The van der Waals surface area contributed by atoms with Crippen LogP contribution in [0.2, 0.25) is 0 Å². The molecule has 0 aromatic heterocycles. The molecule has 0 saturated heterocycles. The van der Waals surface area contributed by atoms with E-state index in [9.17, 15) is 0 Å². The maximum absolute atomic E-state index is 5.87. The van der Waals surface area contributed by atoms with Crippen LogP contribution in [0.25, 0.3) is 0 Å². The molecule has 2 rings (SSSR count). The van der Waals surface area contributed by atoms with E-state index in [2.05, 4.69) is 22.5 Å². The molecule has 2 aromatic rings. The average Bonchev–Trinajstić information content (AvgIpc) is 2.63. The molecule has 0 aliphatic carbocycles. The predicted molar refractivity (Wildman–Crippen MR) is 98.0 cm³/mol. The van der Waals surface area contributed by atoms with Gasteiger partial charge in [-0.25, -0.2) is 0 Å². The van der Waals surface area contributed by atoms with Gasteiger partial charge in [0.05, 0.1) is 7.11 Å². The zero-order valence-corrected chi connectivity index (χ0v) is 14.5. The molecule has 0 aliphatic heterocycles. The monoisotopic (exact) mass is 327 g/mol. The molecule has 0 saturated carbocycles. The maximum atomic E-state index is 5.87. The number of nitrogens with zero attached hydrogens (tertiary/aromatic N) is 1. The van der Waals surface area contributed by atoms with Crippen LogP contribution in [0.1, 0.15) is 18.9 Å². The first-order valence-corrected chi connectivity index (χ1v) is 8.11. The number of methoxy groups -OCH3 is 1. The Morgan fingerprint density at radius 2 is 1.71 bits per heavy atom. The van der Waals surface area contributed by atoms with Crippen molar-refractivity contribution in [3.63, 3.8) is 0 Å². The van der Waals surface area contributed by atoms with Gasteiger partial charge < -0.3 is 20.1 Å². The minimum atomic E-state index is 0.704. The number of rotatable bonds is 7. The first-order valence-electron chi connectivity index (χ1n) is 8.11. The minimum Gasteiger partial charge on any atom is -0.493 e. The lowest BCUT2D eigenvalue weighted by Crippen LogP contribution is -2.37. The van der Waals surface area contributed by atoms with Gasteiger partial charge in [-0.1, -0.05) is 31.2 Å². The number of hydrogen-bond donors (Lipinski definition) is 2. The predicted octanol–water partition coefficient (Wildman–Crippen LogP) is 3.56. The van der Waals surface area contributed by atoms with Crippen LogP contribution in [0.15, 0.2) is 53.5 Å². The van der Waals surface area contributed by atoms with Crippen LogP contribution in [0, 0.1) is 0 Å². The van der Waals surface area contributed by atoms with Crippen LogP contribution in [-0.4, -0.2) is 26.7 Å². The summed E-state index contributed by atoms with van der Waals surface area (Å²) in [5.41, 5.74) is 1.15. The molecule has 0 spiro atoms. The van der Waals surface area contributed by atoms with Crippen LogP contribution >= 0.6 is 0 Å². The summed E-state index contributed by atoms with van der Waals surface area (Å²) in [7, 11) is 3.41. The Morgan fingerprint density at radius 1 is 1.00 bits per heavy atom. The van der Waals surface area contributed by atoms with E-state index in [1.54, 1.807) is 14.2 Å². The third kappa shape index (κ3) is 5.19. The van der Waals surface area contributed by atoms with Gasteiger partial charge in [0.15, 0.2) is 17.5 Å². The van der Waals surface area contributed by atoms with Crippen molar-refractivity contribution in [1.29, 1.82) is 0 Å². The molecule has 0 atom stereocenters. The van der Waals surface area contributed by atoms with E-state index >= 15 is 0 Å². The standard InChI is InChI=1S/C19H25N3O2/c1-4-13-21-19(20-2)22-14-15-9-11-16(12-10-15)24-18-8-6-5-7-17(18)23-3/h5-12H,4,13-14H2,1-3H3,(H2,20,21,22). The lowest BCUT2D eigenvalue weighted by atomic mass is 10.2. The van der Waals surface area contributed by atoms with Crippen molar-refractivity contribution >= 4 is 5.96 Å². The fraction of sp³-hybridized carbons (Fsp3) is 0.316. The smallest absolute Gasteiger partial charge is 0.191 e. The first-order chi connectivity index (χ1) is 11.8. The van der Waals surface area contributed by atoms with Gasteiger partial charge >= 0.3 is 0 Å². The topological polar surface area (TPSA) is 54.9 Å². The van der Waals surface area contributed by atoms with Crippen molar-refractivity contribution < 1.29 is 9.47 Å². The summed E-state index contributed by atoms with van der Waals surface area (Å²) in [4.78, 5) is 4.19. The lowest BCUT2D eigenvalue weighted by molar-refractivity contribution is 0.379. The molecule has 2 N–H and O–H groups in total. The van der Waals surface area contributed by atoms with Crippen molar-refractivity contribution in [2.75, 3.05) is 20.7 Å². The summed E-state index contributed by atoms with van der Waals surface area (Å²) in [5.74, 6) is 3.01. The van der Waals surface area contributed by atoms with Gasteiger partial charge in [-0.05, 0) is 36.2 Å². The lowest BCUT2D eigenvalue weighted by Gasteiger charge is -2.12. The quantitative estimate of drug-likeness (QED) is 0.603. The van der Waals surface area contributed by atoms with E-state index in [0.29, 0.717) is 18.0 Å². The zero-order chi connectivity index (χ0) is 17.2.